The summed E-state index contributed by atoms with van der Waals surface area (Å²) in [5, 5.41) is 3.77. The van der Waals surface area contributed by atoms with E-state index in [1.807, 2.05) is 0 Å². The molecule has 0 spiro atoms. The zero-order valence-electron chi connectivity index (χ0n) is 12.8. The first-order chi connectivity index (χ1) is 11.2. The zero-order chi connectivity index (χ0) is 16.4. The highest BCUT2D eigenvalue weighted by molar-refractivity contribution is 5.78. The Morgan fingerprint density at radius 3 is 3.13 bits per heavy atom. The van der Waals surface area contributed by atoms with E-state index < -0.39 is 0 Å². The molecule has 1 atom stereocenters. The molecule has 120 valence electrons. The van der Waals surface area contributed by atoms with E-state index in [2.05, 4.69) is 10.0 Å². The molecule has 2 heterocycles. The fraction of sp³-hybridized carbons (Fsp3) is 0.438. The third-order valence-electron chi connectivity index (χ3n) is 4.23. The summed E-state index contributed by atoms with van der Waals surface area (Å²) in [6, 6.07) is 4.65. The lowest BCUT2D eigenvalue weighted by Gasteiger charge is -2.19. The Morgan fingerprint density at radius 1 is 1.57 bits per heavy atom. The maximum atomic E-state index is 14.3. The second kappa shape index (κ2) is 6.30. The van der Waals surface area contributed by atoms with Crippen molar-refractivity contribution in [3.8, 4) is 0 Å². The van der Waals surface area contributed by atoms with Gasteiger partial charge in [0.25, 0.3) is 0 Å². The standard InChI is InChI=1S/C16H17FN4O2/c1-2-23-16(22)9-12-11-7-6-10(19-20-18)8-14(11)21-13(12)4-3-5-15(21)17/h3-5,10H,2,6-9H2,1H3. The van der Waals surface area contributed by atoms with E-state index in [1.165, 1.54) is 10.5 Å². The molecular formula is C16H17FN4O2. The topological polar surface area (TPSA) is 79.5 Å². The highest BCUT2D eigenvalue weighted by atomic mass is 19.1. The summed E-state index contributed by atoms with van der Waals surface area (Å²) in [6.07, 6.45) is 1.97. The minimum absolute atomic E-state index is 0.127. The van der Waals surface area contributed by atoms with Crippen LogP contribution in [0.1, 0.15) is 30.2 Å². The lowest BCUT2D eigenvalue weighted by Crippen LogP contribution is -2.19. The van der Waals surface area contributed by atoms with Crippen LogP contribution in [0.3, 0.4) is 0 Å². The van der Waals surface area contributed by atoms with Gasteiger partial charge in [0.2, 0.25) is 0 Å². The van der Waals surface area contributed by atoms with Crippen molar-refractivity contribution in [3.05, 3.63) is 51.4 Å². The molecular weight excluding hydrogens is 299 g/mol. The first kappa shape index (κ1) is 15.4. The molecule has 0 saturated carbocycles. The maximum Gasteiger partial charge on any atom is 0.310 e. The smallest absolute Gasteiger partial charge is 0.310 e. The Labute approximate surface area is 132 Å². The first-order valence-electron chi connectivity index (χ1n) is 7.65. The number of ether oxygens (including phenoxy) is 1. The molecule has 0 fully saturated rings. The molecule has 2 aromatic heterocycles. The van der Waals surface area contributed by atoms with E-state index in [4.69, 9.17) is 10.3 Å². The second-order valence-corrected chi connectivity index (χ2v) is 5.56. The Bertz CT molecular complexity index is 808. The summed E-state index contributed by atoms with van der Waals surface area (Å²) in [4.78, 5) is 14.8. The summed E-state index contributed by atoms with van der Waals surface area (Å²) < 4.78 is 20.9. The van der Waals surface area contributed by atoms with Crippen molar-refractivity contribution in [1.29, 1.82) is 0 Å². The van der Waals surface area contributed by atoms with Crippen molar-refractivity contribution in [1.82, 2.24) is 4.40 Å². The van der Waals surface area contributed by atoms with E-state index in [-0.39, 0.29) is 24.4 Å². The van der Waals surface area contributed by atoms with Gasteiger partial charge in [-0.3, -0.25) is 9.20 Å². The first-order valence-corrected chi connectivity index (χ1v) is 7.65. The highest BCUT2D eigenvalue weighted by Gasteiger charge is 2.27. The SMILES string of the molecule is CCOC(=O)Cc1c2c(n3c(F)cccc13)CC(N=[N+]=[N-])CC2. The van der Waals surface area contributed by atoms with Crippen molar-refractivity contribution < 1.29 is 13.9 Å². The summed E-state index contributed by atoms with van der Waals surface area (Å²) in [6.45, 7) is 2.08. The van der Waals surface area contributed by atoms with E-state index in [9.17, 15) is 9.18 Å². The van der Waals surface area contributed by atoms with Crippen LogP contribution in [0.5, 0.6) is 0 Å². The number of nitrogens with zero attached hydrogens (tertiary/aromatic N) is 4. The third-order valence-corrected chi connectivity index (χ3v) is 4.23. The molecule has 1 unspecified atom stereocenters. The van der Waals surface area contributed by atoms with Crippen molar-refractivity contribution in [3.63, 3.8) is 0 Å². The van der Waals surface area contributed by atoms with Gasteiger partial charge >= 0.3 is 5.97 Å². The van der Waals surface area contributed by atoms with Gasteiger partial charge < -0.3 is 4.74 Å². The Hall–Kier alpha value is -2.53. The van der Waals surface area contributed by atoms with Gasteiger partial charge in [0.05, 0.1) is 18.5 Å². The van der Waals surface area contributed by atoms with Crippen LogP contribution < -0.4 is 0 Å². The number of carbonyl (C=O) groups excluding carboxylic acids is 1. The number of azide groups is 1. The molecule has 6 nitrogen and oxygen atoms in total. The summed E-state index contributed by atoms with van der Waals surface area (Å²) in [5.41, 5.74) is 11.9. The van der Waals surface area contributed by atoms with Gasteiger partial charge in [0.15, 0.2) is 5.95 Å². The number of fused-ring (bicyclic) bond motifs is 3. The predicted octanol–water partition coefficient (Wildman–Crippen LogP) is 3.35. The molecule has 0 aromatic carbocycles. The van der Waals surface area contributed by atoms with E-state index in [0.29, 0.717) is 31.4 Å². The van der Waals surface area contributed by atoms with Crippen molar-refractivity contribution in [2.24, 2.45) is 5.11 Å². The van der Waals surface area contributed by atoms with E-state index >= 15 is 0 Å². The fourth-order valence-corrected chi connectivity index (χ4v) is 3.33. The van der Waals surface area contributed by atoms with Gasteiger partial charge in [0.1, 0.15) is 0 Å². The second-order valence-electron chi connectivity index (χ2n) is 5.56. The molecule has 0 bridgehead atoms. The van der Waals surface area contributed by atoms with Gasteiger partial charge in [-0.15, -0.1) is 0 Å². The fourth-order valence-electron chi connectivity index (χ4n) is 3.33. The summed E-state index contributed by atoms with van der Waals surface area (Å²) in [5.74, 6) is -0.695. The molecule has 0 aliphatic heterocycles. The number of rotatable bonds is 4. The lowest BCUT2D eigenvalue weighted by molar-refractivity contribution is -0.142. The molecule has 2 aromatic rings. The van der Waals surface area contributed by atoms with Gasteiger partial charge in [-0.05, 0) is 55.0 Å². The Kier molecular flexibility index (Phi) is 4.21. The zero-order valence-corrected chi connectivity index (χ0v) is 12.8. The minimum Gasteiger partial charge on any atom is -0.466 e. The Balaban J connectivity index is 2.12. The largest absolute Gasteiger partial charge is 0.466 e. The number of halogens is 1. The molecule has 1 aliphatic carbocycles. The van der Waals surface area contributed by atoms with Crippen molar-refractivity contribution in [2.45, 2.75) is 38.6 Å². The van der Waals surface area contributed by atoms with Crippen LogP contribution in [0.2, 0.25) is 0 Å². The van der Waals surface area contributed by atoms with Crippen LogP contribution in [0.4, 0.5) is 4.39 Å². The summed E-state index contributed by atoms with van der Waals surface area (Å²) >= 11 is 0. The molecule has 3 rings (SSSR count). The van der Waals surface area contributed by atoms with Crippen LogP contribution in [-0.4, -0.2) is 23.0 Å². The van der Waals surface area contributed by atoms with Gasteiger partial charge in [-0.1, -0.05) is 11.2 Å². The average molecular weight is 316 g/mol. The number of hydrogen-bond donors (Lipinski definition) is 0. The normalized spacial score (nSPS) is 16.7. The predicted molar refractivity (Wildman–Crippen MR) is 82.7 cm³/mol. The van der Waals surface area contributed by atoms with Crippen molar-refractivity contribution in [2.75, 3.05) is 6.61 Å². The molecule has 0 radical (unpaired) electrons. The molecule has 7 heteroatoms. The highest BCUT2D eigenvalue weighted by Crippen LogP contribution is 2.32. The minimum atomic E-state index is -0.379. The van der Waals surface area contributed by atoms with Crippen LogP contribution in [0.25, 0.3) is 16.0 Å². The lowest BCUT2D eigenvalue weighted by atomic mass is 9.90. The third kappa shape index (κ3) is 2.75. The van der Waals surface area contributed by atoms with Crippen molar-refractivity contribution >= 4 is 11.5 Å². The maximum absolute atomic E-state index is 14.3. The monoisotopic (exact) mass is 316 g/mol. The number of hydrogen-bond acceptors (Lipinski definition) is 3. The van der Waals surface area contributed by atoms with E-state index in [1.54, 1.807) is 19.1 Å². The van der Waals surface area contributed by atoms with Crippen LogP contribution in [0.15, 0.2) is 23.3 Å². The molecule has 1 aliphatic rings. The van der Waals surface area contributed by atoms with Crippen LogP contribution in [0, 0.1) is 5.95 Å². The number of esters is 1. The average Bonchev–Trinajstić information content (AvgIpc) is 2.83. The Morgan fingerprint density at radius 2 is 2.39 bits per heavy atom. The van der Waals surface area contributed by atoms with Gasteiger partial charge in [0, 0.05) is 16.6 Å². The molecule has 0 amide bonds. The quantitative estimate of drug-likeness (QED) is 0.285. The molecule has 0 saturated heterocycles. The van der Waals surface area contributed by atoms with Gasteiger partial charge in [-0.25, -0.2) is 0 Å². The van der Waals surface area contributed by atoms with E-state index in [0.717, 1.165) is 16.8 Å². The summed E-state index contributed by atoms with van der Waals surface area (Å²) in [7, 11) is 0. The van der Waals surface area contributed by atoms with Crippen LogP contribution in [-0.2, 0) is 28.8 Å². The molecule has 0 N–H and O–H groups in total. The number of carbonyl (C=O) groups is 1. The van der Waals surface area contributed by atoms with Crippen LogP contribution >= 0.6 is 0 Å². The number of aromatic nitrogens is 1. The number of pyridine rings is 1. The van der Waals surface area contributed by atoms with Gasteiger partial charge in [-0.2, -0.15) is 4.39 Å². The molecule has 23 heavy (non-hydrogen) atoms.